The fourth-order valence-corrected chi connectivity index (χ4v) is 2.87. The fraction of sp³-hybridized carbons (Fsp3) is 0.273. The first-order valence-electron chi connectivity index (χ1n) is 9.40. The van der Waals surface area contributed by atoms with Crippen molar-refractivity contribution in [2.75, 3.05) is 5.32 Å². The molecule has 9 heteroatoms. The highest BCUT2D eigenvalue weighted by Crippen LogP contribution is 2.37. The van der Waals surface area contributed by atoms with Crippen molar-refractivity contribution in [2.24, 2.45) is 0 Å². The van der Waals surface area contributed by atoms with Crippen molar-refractivity contribution < 1.29 is 22.7 Å². The second-order valence-corrected chi connectivity index (χ2v) is 7.80. The molecule has 0 radical (unpaired) electrons. The summed E-state index contributed by atoms with van der Waals surface area (Å²) in [6.45, 7) is 6.80. The smallest absolute Gasteiger partial charge is 0.434 e. The van der Waals surface area contributed by atoms with Gasteiger partial charge in [-0.2, -0.15) is 13.2 Å². The van der Waals surface area contributed by atoms with Gasteiger partial charge in [0.25, 0.3) is 0 Å². The molecule has 0 saturated heterocycles. The van der Waals surface area contributed by atoms with E-state index in [-0.39, 0.29) is 23.0 Å². The van der Waals surface area contributed by atoms with Gasteiger partial charge in [0.2, 0.25) is 11.8 Å². The Morgan fingerprint density at radius 1 is 1.00 bits per heavy atom. The number of rotatable bonds is 4. The maximum atomic E-state index is 13.5. The summed E-state index contributed by atoms with van der Waals surface area (Å²) in [7, 11) is 0. The van der Waals surface area contributed by atoms with Crippen molar-refractivity contribution in [3.05, 3.63) is 54.5 Å². The maximum absolute atomic E-state index is 13.5. The number of carbonyl (C=O) groups excluding carboxylic acids is 1. The number of amides is 1. The largest absolute Gasteiger partial charge is 0.472 e. The van der Waals surface area contributed by atoms with Gasteiger partial charge in [-0.15, -0.1) is 0 Å². The lowest BCUT2D eigenvalue weighted by molar-refractivity contribution is -0.140. The zero-order valence-electron chi connectivity index (χ0n) is 17.4. The molecule has 3 rings (SSSR count). The fourth-order valence-electron chi connectivity index (χ4n) is 2.87. The lowest BCUT2D eigenvalue weighted by Gasteiger charge is -2.22. The monoisotopic (exact) mass is 430 g/mol. The molecule has 31 heavy (non-hydrogen) atoms. The molecule has 0 spiro atoms. The topological polar surface area (TPSA) is 77.0 Å². The predicted octanol–water partition coefficient (Wildman–Crippen LogP) is 5.36. The summed E-state index contributed by atoms with van der Waals surface area (Å²) in [5.41, 5.74) is -0.574. The third kappa shape index (κ3) is 5.78. The van der Waals surface area contributed by atoms with Gasteiger partial charge in [0.05, 0.1) is 5.69 Å². The Labute approximate surface area is 177 Å². The average Bonchev–Trinajstić information content (AvgIpc) is 2.65. The minimum absolute atomic E-state index is 0.0649. The third-order valence-electron chi connectivity index (χ3n) is 3.96. The van der Waals surface area contributed by atoms with Crippen LogP contribution in [0.25, 0.3) is 22.4 Å². The number of hydrogen-bond donors (Lipinski definition) is 1. The van der Waals surface area contributed by atoms with E-state index in [9.17, 15) is 18.0 Å². The van der Waals surface area contributed by atoms with Gasteiger partial charge >= 0.3 is 6.18 Å². The van der Waals surface area contributed by atoms with Crippen LogP contribution in [0.5, 0.6) is 5.88 Å². The van der Waals surface area contributed by atoms with Crippen molar-refractivity contribution in [1.82, 2.24) is 15.0 Å². The van der Waals surface area contributed by atoms with Gasteiger partial charge in [-0.05, 0) is 62.2 Å². The van der Waals surface area contributed by atoms with E-state index in [0.29, 0.717) is 16.9 Å². The van der Waals surface area contributed by atoms with Crippen LogP contribution < -0.4 is 10.1 Å². The van der Waals surface area contributed by atoms with Crippen LogP contribution in [0.15, 0.2) is 48.8 Å². The first-order valence-corrected chi connectivity index (χ1v) is 9.40. The molecule has 0 aliphatic carbocycles. The molecule has 0 aliphatic rings. The van der Waals surface area contributed by atoms with Gasteiger partial charge in [-0.25, -0.2) is 9.97 Å². The van der Waals surface area contributed by atoms with E-state index in [1.54, 1.807) is 18.2 Å². The summed E-state index contributed by atoms with van der Waals surface area (Å²) in [5, 5.41) is 2.59. The van der Waals surface area contributed by atoms with Crippen LogP contribution in [0.4, 0.5) is 19.0 Å². The Morgan fingerprint density at radius 2 is 1.74 bits per heavy atom. The molecular weight excluding hydrogens is 409 g/mol. The summed E-state index contributed by atoms with van der Waals surface area (Å²) in [5.74, 6) is 0.191. The van der Waals surface area contributed by atoms with Gasteiger partial charge in [-0.1, -0.05) is 0 Å². The second-order valence-electron chi connectivity index (χ2n) is 7.80. The molecule has 0 aliphatic heterocycles. The Morgan fingerprint density at radius 3 is 2.39 bits per heavy atom. The number of carbonyl (C=O) groups is 1. The van der Waals surface area contributed by atoms with Gasteiger partial charge in [0.15, 0.2) is 5.69 Å². The first kappa shape index (κ1) is 22.2. The number of anilines is 1. The molecule has 0 aromatic carbocycles. The molecule has 0 atom stereocenters. The Bertz CT molecular complexity index is 1110. The van der Waals surface area contributed by atoms with E-state index in [0.717, 1.165) is 6.20 Å². The molecule has 0 fully saturated rings. The first-order chi connectivity index (χ1) is 14.4. The standard InChI is InChI=1S/C22H21F3N4O2/c1-13(30)28-18-11-14(7-9-26-18)15-10-17(29-19(12-15)31-21(2,3)4)16-6-5-8-27-20(16)22(23,24)25/h5-12H,1-4H3,(H,26,28,30). The van der Waals surface area contributed by atoms with E-state index in [2.05, 4.69) is 20.3 Å². The van der Waals surface area contributed by atoms with Crippen LogP contribution >= 0.6 is 0 Å². The van der Waals surface area contributed by atoms with Crippen LogP contribution in [-0.4, -0.2) is 26.5 Å². The van der Waals surface area contributed by atoms with Crippen LogP contribution in [0.1, 0.15) is 33.4 Å². The zero-order chi connectivity index (χ0) is 22.8. The SMILES string of the molecule is CC(=O)Nc1cc(-c2cc(OC(C)(C)C)nc(-c3cccnc3C(F)(F)F)c2)ccn1. The van der Waals surface area contributed by atoms with E-state index >= 15 is 0 Å². The highest BCUT2D eigenvalue weighted by atomic mass is 19.4. The van der Waals surface area contributed by atoms with Crippen LogP contribution in [-0.2, 0) is 11.0 Å². The normalized spacial score (nSPS) is 11.8. The summed E-state index contributed by atoms with van der Waals surface area (Å²) in [6, 6.07) is 9.19. The third-order valence-corrected chi connectivity index (χ3v) is 3.96. The van der Waals surface area contributed by atoms with Crippen LogP contribution in [0.3, 0.4) is 0 Å². The number of alkyl halides is 3. The molecule has 3 aromatic rings. The molecule has 0 bridgehead atoms. The summed E-state index contributed by atoms with van der Waals surface area (Å²) in [6.07, 6.45) is -2.06. The Kier molecular flexibility index (Phi) is 5.97. The van der Waals surface area contributed by atoms with Crippen molar-refractivity contribution >= 4 is 11.7 Å². The zero-order valence-corrected chi connectivity index (χ0v) is 17.4. The minimum atomic E-state index is -4.64. The van der Waals surface area contributed by atoms with Crippen molar-refractivity contribution in [1.29, 1.82) is 0 Å². The van der Waals surface area contributed by atoms with E-state index in [1.807, 2.05) is 20.8 Å². The summed E-state index contributed by atoms with van der Waals surface area (Å²) >= 11 is 0. The quantitative estimate of drug-likeness (QED) is 0.603. The van der Waals surface area contributed by atoms with E-state index in [1.165, 1.54) is 31.3 Å². The number of aromatic nitrogens is 3. The summed E-state index contributed by atoms with van der Waals surface area (Å²) < 4.78 is 46.4. The molecule has 0 saturated carbocycles. The Hall–Kier alpha value is -3.49. The highest BCUT2D eigenvalue weighted by Gasteiger charge is 2.36. The van der Waals surface area contributed by atoms with Gasteiger partial charge in [-0.3, -0.25) is 9.78 Å². The number of nitrogens with one attached hydrogen (secondary N) is 1. The second kappa shape index (κ2) is 8.33. The number of nitrogens with zero attached hydrogens (tertiary/aromatic N) is 3. The van der Waals surface area contributed by atoms with Crippen molar-refractivity contribution in [2.45, 2.75) is 39.5 Å². The molecular formula is C22H21F3N4O2. The van der Waals surface area contributed by atoms with Crippen LogP contribution in [0, 0.1) is 0 Å². The molecule has 162 valence electrons. The van der Waals surface area contributed by atoms with Gasteiger partial charge in [0, 0.05) is 30.9 Å². The lowest BCUT2D eigenvalue weighted by atomic mass is 10.0. The number of halogens is 3. The summed E-state index contributed by atoms with van der Waals surface area (Å²) in [4.78, 5) is 23.3. The van der Waals surface area contributed by atoms with E-state index in [4.69, 9.17) is 4.74 Å². The van der Waals surface area contributed by atoms with Crippen LogP contribution in [0.2, 0.25) is 0 Å². The maximum Gasteiger partial charge on any atom is 0.434 e. The predicted molar refractivity (Wildman–Crippen MR) is 110 cm³/mol. The minimum Gasteiger partial charge on any atom is -0.472 e. The van der Waals surface area contributed by atoms with Gasteiger partial charge in [0.1, 0.15) is 11.4 Å². The number of hydrogen-bond acceptors (Lipinski definition) is 5. The number of ether oxygens (including phenoxy) is 1. The van der Waals surface area contributed by atoms with Gasteiger partial charge < -0.3 is 10.1 Å². The molecule has 0 unspecified atom stereocenters. The molecule has 3 aromatic heterocycles. The lowest BCUT2D eigenvalue weighted by Crippen LogP contribution is -2.23. The van der Waals surface area contributed by atoms with Crippen molar-refractivity contribution in [3.63, 3.8) is 0 Å². The highest BCUT2D eigenvalue weighted by molar-refractivity contribution is 5.88. The number of pyridine rings is 3. The van der Waals surface area contributed by atoms with Crippen molar-refractivity contribution in [3.8, 4) is 28.3 Å². The van der Waals surface area contributed by atoms with E-state index < -0.39 is 17.5 Å². The average molecular weight is 430 g/mol. The molecule has 1 N–H and O–H groups in total. The molecule has 3 heterocycles. The molecule has 1 amide bonds. The Balaban J connectivity index is 2.19. The molecule has 6 nitrogen and oxygen atoms in total.